The van der Waals surface area contributed by atoms with Crippen molar-refractivity contribution in [2.45, 2.75) is 126 Å². The zero-order valence-corrected chi connectivity index (χ0v) is 21.2. The zero-order chi connectivity index (χ0) is 27.1. The van der Waals surface area contributed by atoms with Crippen LogP contribution in [-0.2, 0) is 14.3 Å². The molecule has 0 radical (unpaired) electrons. The maximum atomic E-state index is 12.3. The summed E-state index contributed by atoms with van der Waals surface area (Å²) in [6.45, 7) is 0.809. The second-order valence-corrected chi connectivity index (χ2v) is 9.46. The Hall–Kier alpha value is -0.930. The van der Waals surface area contributed by atoms with E-state index in [2.05, 4.69) is 12.2 Å². The van der Waals surface area contributed by atoms with E-state index in [1.54, 1.807) is 0 Å². The molecule has 0 bridgehead atoms. The number of hydrogen-bond acceptors (Lipinski definition) is 11. The molecular weight excluding hydrogens is 478 g/mol. The molecule has 0 spiro atoms. The molecule has 1 saturated heterocycles. The summed E-state index contributed by atoms with van der Waals surface area (Å²) in [6.07, 6.45) is -4.81. The van der Waals surface area contributed by atoms with E-state index in [-0.39, 0.29) is 6.54 Å². The Labute approximate surface area is 212 Å². The third-order valence-electron chi connectivity index (χ3n) is 6.46. The van der Waals surface area contributed by atoms with E-state index in [1.165, 1.54) is 38.5 Å². The lowest BCUT2D eigenvalue weighted by atomic mass is 9.98. The molecule has 1 amide bonds. The van der Waals surface area contributed by atoms with Crippen LogP contribution in [0.2, 0.25) is 0 Å². The summed E-state index contributed by atoms with van der Waals surface area (Å²) in [5, 5.41) is 81.8. The number of ether oxygens (including phenoxy) is 2. The number of hydrogen-bond donors (Lipinski definition) is 9. The van der Waals surface area contributed by atoms with Crippen molar-refractivity contribution < 1.29 is 55.1 Å². The van der Waals surface area contributed by atoms with Gasteiger partial charge in [-0.15, -0.1) is 0 Å². The molecule has 1 aliphatic heterocycles. The van der Waals surface area contributed by atoms with Gasteiger partial charge in [-0.2, -0.15) is 0 Å². The van der Waals surface area contributed by atoms with Gasteiger partial charge in [-0.05, 0) is 6.42 Å². The number of unbranched alkanes of at least 4 members (excludes halogenated alkanes) is 9. The van der Waals surface area contributed by atoms with Gasteiger partial charge in [0, 0.05) is 6.54 Å². The number of carbonyl (C=O) groups is 1. The molecule has 0 aromatic heterocycles. The fraction of sp³-hybridized carbons (Fsp3) is 0.958. The van der Waals surface area contributed by atoms with Crippen molar-refractivity contribution in [3.05, 3.63) is 0 Å². The van der Waals surface area contributed by atoms with Crippen LogP contribution in [0.5, 0.6) is 0 Å². The average Bonchev–Trinajstić information content (AvgIpc) is 2.88. The lowest BCUT2D eigenvalue weighted by Crippen LogP contribution is -2.62. The monoisotopic (exact) mass is 525 g/mol. The summed E-state index contributed by atoms with van der Waals surface area (Å²) in [5.41, 5.74) is 0. The highest BCUT2D eigenvalue weighted by Crippen LogP contribution is 2.25. The van der Waals surface area contributed by atoms with Crippen molar-refractivity contribution in [3.63, 3.8) is 0 Å². The summed E-state index contributed by atoms with van der Waals surface area (Å²) >= 11 is 0. The molecule has 0 aliphatic carbocycles. The van der Waals surface area contributed by atoms with Crippen molar-refractivity contribution in [2.24, 2.45) is 0 Å². The van der Waals surface area contributed by atoms with E-state index in [1.807, 2.05) is 0 Å². The first-order valence-corrected chi connectivity index (χ1v) is 13.1. The highest BCUT2D eigenvalue weighted by molar-refractivity contribution is 5.81. The van der Waals surface area contributed by atoms with Crippen molar-refractivity contribution in [1.82, 2.24) is 5.32 Å². The Balaban J connectivity index is 2.48. The van der Waals surface area contributed by atoms with Gasteiger partial charge in [-0.3, -0.25) is 4.79 Å². The fourth-order valence-corrected chi connectivity index (χ4v) is 4.10. The minimum Gasteiger partial charge on any atom is -0.394 e. The van der Waals surface area contributed by atoms with Gasteiger partial charge in [0.2, 0.25) is 0 Å². The highest BCUT2D eigenvalue weighted by Gasteiger charge is 2.47. The molecule has 0 aromatic rings. The standard InChI is InChI=1S/C24H47NO11/c1-2-3-4-5-6-7-8-9-10-11-12-25-23(34)20(32)19(31)22(15(28)13-26)36-24-21(33)18(30)17(29)16(14-27)35-24/h15-22,24,26-33H,2-14H2,1H3,(H,25,34)/t15-,16-,17-,18+,19-,20-,21-,22-,24-/m1/s1. The molecule has 1 fully saturated rings. The lowest BCUT2D eigenvalue weighted by Gasteiger charge is -2.42. The Morgan fingerprint density at radius 1 is 0.861 bits per heavy atom. The normalized spacial score (nSPS) is 27.9. The first-order valence-electron chi connectivity index (χ1n) is 13.1. The van der Waals surface area contributed by atoms with E-state index < -0.39 is 74.2 Å². The van der Waals surface area contributed by atoms with Gasteiger partial charge in [-0.25, -0.2) is 0 Å². The van der Waals surface area contributed by atoms with Crippen LogP contribution < -0.4 is 5.32 Å². The second kappa shape index (κ2) is 18.3. The summed E-state index contributed by atoms with van der Waals surface area (Å²) in [5.74, 6) is -0.911. The molecular formula is C24H47NO11. The lowest BCUT2D eigenvalue weighted by molar-refractivity contribution is -0.326. The predicted octanol–water partition coefficient (Wildman–Crippen LogP) is -1.72. The summed E-state index contributed by atoms with van der Waals surface area (Å²) in [4.78, 5) is 12.3. The average molecular weight is 526 g/mol. The molecule has 0 aromatic carbocycles. The zero-order valence-electron chi connectivity index (χ0n) is 21.2. The molecule has 214 valence electrons. The summed E-state index contributed by atoms with van der Waals surface area (Å²) < 4.78 is 10.5. The van der Waals surface area contributed by atoms with Gasteiger partial charge in [0.05, 0.1) is 13.2 Å². The number of nitrogens with one attached hydrogen (secondary N) is 1. The smallest absolute Gasteiger partial charge is 0.251 e. The Bertz CT molecular complexity index is 582. The maximum Gasteiger partial charge on any atom is 0.251 e. The van der Waals surface area contributed by atoms with Crippen molar-refractivity contribution in [3.8, 4) is 0 Å². The number of carbonyl (C=O) groups excluding carboxylic acids is 1. The minimum absolute atomic E-state index is 0.278. The Morgan fingerprint density at radius 2 is 1.42 bits per heavy atom. The molecule has 1 aliphatic rings. The molecule has 36 heavy (non-hydrogen) atoms. The third-order valence-corrected chi connectivity index (χ3v) is 6.46. The van der Waals surface area contributed by atoms with Crippen LogP contribution in [0.1, 0.15) is 71.1 Å². The van der Waals surface area contributed by atoms with E-state index in [0.29, 0.717) is 6.42 Å². The summed E-state index contributed by atoms with van der Waals surface area (Å²) in [7, 11) is 0. The maximum absolute atomic E-state index is 12.3. The quantitative estimate of drug-likeness (QED) is 0.0866. The van der Waals surface area contributed by atoms with Crippen molar-refractivity contribution in [1.29, 1.82) is 0 Å². The van der Waals surface area contributed by atoms with E-state index in [0.717, 1.165) is 19.3 Å². The molecule has 9 N–H and O–H groups in total. The minimum atomic E-state index is -2.04. The van der Waals surface area contributed by atoms with Gasteiger partial charge >= 0.3 is 0 Å². The van der Waals surface area contributed by atoms with Crippen LogP contribution in [0, 0.1) is 0 Å². The topological polar surface area (TPSA) is 209 Å². The summed E-state index contributed by atoms with van der Waals surface area (Å²) in [6, 6.07) is 0. The van der Waals surface area contributed by atoms with Gasteiger partial charge in [-0.1, -0.05) is 64.7 Å². The number of rotatable bonds is 19. The van der Waals surface area contributed by atoms with Crippen LogP contribution in [0.25, 0.3) is 0 Å². The first kappa shape index (κ1) is 33.1. The van der Waals surface area contributed by atoms with Gasteiger partial charge in [0.25, 0.3) is 5.91 Å². The van der Waals surface area contributed by atoms with E-state index in [4.69, 9.17) is 9.47 Å². The fourth-order valence-electron chi connectivity index (χ4n) is 4.10. The molecule has 9 atom stereocenters. The molecule has 12 heteroatoms. The Kier molecular flexibility index (Phi) is 16.9. The van der Waals surface area contributed by atoms with Crippen LogP contribution >= 0.6 is 0 Å². The van der Waals surface area contributed by atoms with Gasteiger partial charge in [0.1, 0.15) is 42.7 Å². The number of aliphatic hydroxyl groups excluding tert-OH is 8. The number of amides is 1. The largest absolute Gasteiger partial charge is 0.394 e. The SMILES string of the molecule is CCCCCCCCCCCCNC(=O)[C@H](O)[C@@H](O)[C@H](O[C@H]1O[C@H](CO)[C@@H](O)[C@H](O)[C@H]1O)[C@H](O)CO. The molecule has 1 rings (SSSR count). The van der Waals surface area contributed by atoms with Crippen LogP contribution in [-0.4, -0.2) is 122 Å². The van der Waals surface area contributed by atoms with E-state index >= 15 is 0 Å². The van der Waals surface area contributed by atoms with Crippen molar-refractivity contribution >= 4 is 5.91 Å². The second-order valence-electron chi connectivity index (χ2n) is 9.46. The van der Waals surface area contributed by atoms with Crippen LogP contribution in [0.15, 0.2) is 0 Å². The van der Waals surface area contributed by atoms with Crippen LogP contribution in [0.4, 0.5) is 0 Å². The van der Waals surface area contributed by atoms with Crippen LogP contribution in [0.3, 0.4) is 0 Å². The van der Waals surface area contributed by atoms with Gasteiger partial charge in [0.15, 0.2) is 12.4 Å². The highest BCUT2D eigenvalue weighted by atomic mass is 16.7. The van der Waals surface area contributed by atoms with E-state index in [9.17, 15) is 45.6 Å². The predicted molar refractivity (Wildman–Crippen MR) is 129 cm³/mol. The van der Waals surface area contributed by atoms with Gasteiger partial charge < -0.3 is 55.6 Å². The molecule has 1 heterocycles. The molecule has 0 unspecified atom stereocenters. The van der Waals surface area contributed by atoms with Crippen molar-refractivity contribution in [2.75, 3.05) is 19.8 Å². The first-order chi connectivity index (χ1) is 17.2. The number of aliphatic hydroxyl groups is 8. The Morgan fingerprint density at radius 3 is 1.94 bits per heavy atom. The molecule has 0 saturated carbocycles. The third kappa shape index (κ3) is 10.8. The molecule has 12 nitrogen and oxygen atoms in total.